The van der Waals surface area contributed by atoms with Crippen LogP contribution in [0.5, 0.6) is 0 Å². The second-order valence-corrected chi connectivity index (χ2v) is 6.88. The number of hydrogen-bond acceptors (Lipinski definition) is 4. The van der Waals surface area contributed by atoms with Crippen molar-refractivity contribution in [1.82, 2.24) is 14.8 Å². The van der Waals surface area contributed by atoms with E-state index in [0.29, 0.717) is 16.9 Å². The summed E-state index contributed by atoms with van der Waals surface area (Å²) in [7, 11) is -3.69. The van der Waals surface area contributed by atoms with Crippen LogP contribution >= 0.6 is 0 Å². The Morgan fingerprint density at radius 2 is 1.87 bits per heavy atom. The fourth-order valence-electron chi connectivity index (χ4n) is 2.39. The summed E-state index contributed by atoms with van der Waals surface area (Å²) in [4.78, 5) is 4.15. The highest BCUT2D eigenvalue weighted by Crippen LogP contribution is 2.24. The van der Waals surface area contributed by atoms with Crippen LogP contribution in [0.15, 0.2) is 60.0 Å². The van der Waals surface area contributed by atoms with Gasteiger partial charge in [0.2, 0.25) is 0 Å². The lowest BCUT2D eigenvalue weighted by Gasteiger charge is -2.14. The number of nitrogens with zero attached hydrogens (tertiary/aromatic N) is 3. The van der Waals surface area contributed by atoms with Gasteiger partial charge < -0.3 is 0 Å². The van der Waals surface area contributed by atoms with Crippen molar-refractivity contribution in [1.29, 1.82) is 0 Å². The minimum absolute atomic E-state index is 0.261. The van der Waals surface area contributed by atoms with Gasteiger partial charge in [-0.15, -0.1) is 0 Å². The zero-order chi connectivity index (χ0) is 16.4. The molecule has 118 valence electrons. The Hall–Kier alpha value is -2.67. The molecule has 1 N–H and O–H groups in total. The molecule has 0 radical (unpaired) electrons. The maximum Gasteiger partial charge on any atom is 0.262 e. The summed E-state index contributed by atoms with van der Waals surface area (Å²) in [6, 6.07) is 12.3. The summed E-state index contributed by atoms with van der Waals surface area (Å²) < 4.78 is 29.5. The molecule has 0 fully saturated rings. The monoisotopic (exact) mass is 328 g/mol. The molecule has 0 aliphatic rings. The number of aryl methyl sites for hydroxylation is 2. The van der Waals surface area contributed by atoms with Gasteiger partial charge in [0, 0.05) is 0 Å². The summed E-state index contributed by atoms with van der Waals surface area (Å²) in [6.07, 6.45) is 2.92. The van der Waals surface area contributed by atoms with E-state index in [-0.39, 0.29) is 4.90 Å². The minimum Gasteiger partial charge on any atom is -0.277 e. The molecule has 0 bridgehead atoms. The molecular formula is C16H16N4O2S. The van der Waals surface area contributed by atoms with E-state index in [9.17, 15) is 8.42 Å². The van der Waals surface area contributed by atoms with Crippen molar-refractivity contribution in [2.24, 2.45) is 0 Å². The topological polar surface area (TPSA) is 76.9 Å². The molecule has 0 amide bonds. The van der Waals surface area contributed by atoms with Crippen molar-refractivity contribution in [3.63, 3.8) is 0 Å². The lowest BCUT2D eigenvalue weighted by Crippen LogP contribution is -2.16. The van der Waals surface area contributed by atoms with Crippen LogP contribution in [0.4, 0.5) is 5.69 Å². The number of anilines is 1. The van der Waals surface area contributed by atoms with Gasteiger partial charge in [-0.25, -0.2) is 18.1 Å². The molecule has 3 rings (SSSR count). The summed E-state index contributed by atoms with van der Waals surface area (Å²) in [6.45, 7) is 3.71. The predicted octanol–water partition coefficient (Wildman–Crippen LogP) is 2.68. The molecule has 23 heavy (non-hydrogen) atoms. The SMILES string of the molecule is Cc1ccc(S(=O)(=O)Nc2ccccc2-n2cncn2)c(C)c1. The van der Waals surface area contributed by atoms with Crippen LogP contribution in [0.3, 0.4) is 0 Å². The molecule has 0 spiro atoms. The molecule has 0 aliphatic heterocycles. The van der Waals surface area contributed by atoms with Crippen molar-refractivity contribution < 1.29 is 8.42 Å². The van der Waals surface area contributed by atoms with Crippen molar-refractivity contribution in [3.8, 4) is 5.69 Å². The van der Waals surface area contributed by atoms with Crippen LogP contribution in [-0.4, -0.2) is 23.2 Å². The molecule has 6 nitrogen and oxygen atoms in total. The van der Waals surface area contributed by atoms with Crippen LogP contribution < -0.4 is 4.72 Å². The number of aromatic nitrogens is 3. The quantitative estimate of drug-likeness (QED) is 0.799. The standard InChI is InChI=1S/C16H16N4O2S/c1-12-7-8-16(13(2)9-12)23(21,22)19-14-5-3-4-6-15(14)20-11-17-10-18-20/h3-11,19H,1-2H3. The molecule has 0 saturated heterocycles. The summed E-state index contributed by atoms with van der Waals surface area (Å²) >= 11 is 0. The van der Waals surface area contributed by atoms with Gasteiger partial charge in [0.1, 0.15) is 12.7 Å². The first-order valence-corrected chi connectivity index (χ1v) is 8.50. The molecular weight excluding hydrogens is 312 g/mol. The van der Waals surface area contributed by atoms with Crippen LogP contribution in [-0.2, 0) is 10.0 Å². The largest absolute Gasteiger partial charge is 0.277 e. The number of hydrogen-bond donors (Lipinski definition) is 1. The maximum atomic E-state index is 12.7. The fourth-order valence-corrected chi connectivity index (χ4v) is 3.70. The van der Waals surface area contributed by atoms with Gasteiger partial charge in [-0.2, -0.15) is 5.10 Å². The number of nitrogens with one attached hydrogen (secondary N) is 1. The van der Waals surface area contributed by atoms with Gasteiger partial charge in [-0.1, -0.05) is 29.8 Å². The lowest BCUT2D eigenvalue weighted by molar-refractivity contribution is 0.600. The van der Waals surface area contributed by atoms with Crippen LogP contribution in [0.25, 0.3) is 5.69 Å². The number of rotatable bonds is 4. The van der Waals surface area contributed by atoms with Crippen molar-refractivity contribution in [2.45, 2.75) is 18.7 Å². The zero-order valence-corrected chi connectivity index (χ0v) is 13.6. The number of sulfonamides is 1. The van der Waals surface area contributed by atoms with Crippen molar-refractivity contribution in [3.05, 3.63) is 66.2 Å². The van der Waals surface area contributed by atoms with Crippen LogP contribution in [0.2, 0.25) is 0 Å². The van der Waals surface area contributed by atoms with Crippen LogP contribution in [0, 0.1) is 13.8 Å². The van der Waals surface area contributed by atoms with Crippen molar-refractivity contribution >= 4 is 15.7 Å². The van der Waals surface area contributed by atoms with E-state index in [1.165, 1.54) is 17.3 Å². The average Bonchev–Trinajstić information content (AvgIpc) is 3.01. The number of benzene rings is 2. The molecule has 0 aliphatic carbocycles. The fraction of sp³-hybridized carbons (Fsp3) is 0.125. The van der Waals surface area contributed by atoms with Crippen molar-refractivity contribution in [2.75, 3.05) is 4.72 Å². The minimum atomic E-state index is -3.69. The highest BCUT2D eigenvalue weighted by Gasteiger charge is 2.18. The molecule has 1 heterocycles. The number of para-hydroxylation sites is 2. The van der Waals surface area contributed by atoms with E-state index < -0.39 is 10.0 Å². The normalized spacial score (nSPS) is 11.4. The molecule has 2 aromatic carbocycles. The first kappa shape index (κ1) is 15.2. The van der Waals surface area contributed by atoms with E-state index >= 15 is 0 Å². The van der Waals surface area contributed by atoms with E-state index in [2.05, 4.69) is 14.8 Å². The summed E-state index contributed by atoms with van der Waals surface area (Å²) in [5.74, 6) is 0. The highest BCUT2D eigenvalue weighted by atomic mass is 32.2. The first-order chi connectivity index (χ1) is 11.0. The third kappa shape index (κ3) is 3.09. The molecule has 0 atom stereocenters. The Morgan fingerprint density at radius 3 is 2.57 bits per heavy atom. The third-order valence-corrected chi connectivity index (χ3v) is 4.96. The maximum absolute atomic E-state index is 12.7. The zero-order valence-electron chi connectivity index (χ0n) is 12.8. The third-order valence-electron chi connectivity index (χ3n) is 3.43. The Bertz CT molecular complexity index is 934. The van der Waals surface area contributed by atoms with Gasteiger partial charge in [0.25, 0.3) is 10.0 Å². The highest BCUT2D eigenvalue weighted by molar-refractivity contribution is 7.92. The van der Waals surface area contributed by atoms with Gasteiger partial charge in [-0.05, 0) is 37.6 Å². The lowest BCUT2D eigenvalue weighted by atomic mass is 10.2. The molecule has 1 aromatic heterocycles. The van der Waals surface area contributed by atoms with E-state index in [1.807, 2.05) is 19.1 Å². The second kappa shape index (κ2) is 5.85. The van der Waals surface area contributed by atoms with E-state index in [0.717, 1.165) is 5.56 Å². The Balaban J connectivity index is 2.02. The van der Waals surface area contributed by atoms with Crippen LogP contribution in [0.1, 0.15) is 11.1 Å². The Morgan fingerprint density at radius 1 is 1.09 bits per heavy atom. The van der Waals surface area contributed by atoms with Gasteiger partial charge in [0.05, 0.1) is 16.3 Å². The van der Waals surface area contributed by atoms with Gasteiger partial charge in [-0.3, -0.25) is 4.72 Å². The summed E-state index contributed by atoms with van der Waals surface area (Å²) in [5.41, 5.74) is 2.77. The first-order valence-electron chi connectivity index (χ1n) is 7.01. The summed E-state index contributed by atoms with van der Waals surface area (Å²) in [5, 5.41) is 4.05. The average molecular weight is 328 g/mol. The molecule has 0 saturated carbocycles. The van der Waals surface area contributed by atoms with E-state index in [4.69, 9.17) is 0 Å². The van der Waals surface area contributed by atoms with E-state index in [1.54, 1.807) is 37.3 Å². The molecule has 7 heteroatoms. The van der Waals surface area contributed by atoms with Gasteiger partial charge in [0.15, 0.2) is 0 Å². The molecule has 3 aromatic rings. The smallest absolute Gasteiger partial charge is 0.262 e. The predicted molar refractivity (Wildman–Crippen MR) is 88.1 cm³/mol. The second-order valence-electron chi connectivity index (χ2n) is 5.23. The Kier molecular flexibility index (Phi) is 3.87. The Labute approximate surface area is 134 Å². The molecule has 0 unspecified atom stereocenters. The van der Waals surface area contributed by atoms with Gasteiger partial charge >= 0.3 is 0 Å².